The van der Waals surface area contributed by atoms with E-state index in [2.05, 4.69) is 32.1 Å². The fraction of sp³-hybridized carbons (Fsp3) is 0.0769. The molecule has 0 radical (unpaired) electrons. The standard InChI is InChI=1S/C13H12N4/c1-2-4-10(5-3-1)11(12-14-6-7-15-12)13-16-8-9-17-13/h1-9,11H,(H,14,15)(H,16,17). The normalized spacial score (nSPS) is 10.9. The first-order valence-corrected chi connectivity index (χ1v) is 5.48. The van der Waals surface area contributed by atoms with Gasteiger partial charge in [-0.15, -0.1) is 0 Å². The van der Waals surface area contributed by atoms with Gasteiger partial charge in [0.1, 0.15) is 11.6 Å². The van der Waals surface area contributed by atoms with Crippen LogP contribution >= 0.6 is 0 Å². The van der Waals surface area contributed by atoms with Gasteiger partial charge in [-0.05, 0) is 5.56 Å². The second-order valence-electron chi connectivity index (χ2n) is 3.79. The minimum Gasteiger partial charge on any atom is -0.348 e. The van der Waals surface area contributed by atoms with Crippen molar-refractivity contribution >= 4 is 0 Å². The van der Waals surface area contributed by atoms with Crippen LogP contribution in [-0.2, 0) is 0 Å². The fourth-order valence-corrected chi connectivity index (χ4v) is 1.96. The maximum atomic E-state index is 4.33. The molecule has 3 aromatic rings. The molecule has 0 aliphatic heterocycles. The van der Waals surface area contributed by atoms with Crippen LogP contribution in [0.2, 0.25) is 0 Å². The van der Waals surface area contributed by atoms with E-state index in [4.69, 9.17) is 0 Å². The van der Waals surface area contributed by atoms with E-state index >= 15 is 0 Å². The summed E-state index contributed by atoms with van der Waals surface area (Å²) in [5.74, 6) is 1.82. The molecule has 3 rings (SSSR count). The fourth-order valence-electron chi connectivity index (χ4n) is 1.96. The van der Waals surface area contributed by atoms with Crippen LogP contribution in [0.1, 0.15) is 23.1 Å². The number of aromatic amines is 2. The molecule has 4 heteroatoms. The van der Waals surface area contributed by atoms with Crippen LogP contribution in [0.15, 0.2) is 55.1 Å². The summed E-state index contributed by atoms with van der Waals surface area (Å²) >= 11 is 0. The molecule has 84 valence electrons. The zero-order valence-electron chi connectivity index (χ0n) is 9.17. The number of nitrogens with one attached hydrogen (secondary N) is 2. The summed E-state index contributed by atoms with van der Waals surface area (Å²) < 4.78 is 0. The molecule has 0 aliphatic rings. The van der Waals surface area contributed by atoms with Crippen molar-refractivity contribution in [2.45, 2.75) is 5.92 Å². The van der Waals surface area contributed by atoms with Crippen LogP contribution in [0.4, 0.5) is 0 Å². The molecule has 4 nitrogen and oxygen atoms in total. The summed E-state index contributed by atoms with van der Waals surface area (Å²) in [7, 11) is 0. The van der Waals surface area contributed by atoms with E-state index in [1.54, 1.807) is 12.4 Å². The Hall–Kier alpha value is -2.36. The monoisotopic (exact) mass is 224 g/mol. The average molecular weight is 224 g/mol. The van der Waals surface area contributed by atoms with Crippen molar-refractivity contribution in [2.75, 3.05) is 0 Å². The van der Waals surface area contributed by atoms with Gasteiger partial charge in [-0.3, -0.25) is 0 Å². The molecule has 0 saturated heterocycles. The van der Waals surface area contributed by atoms with Crippen molar-refractivity contribution < 1.29 is 0 Å². The molecule has 2 N–H and O–H groups in total. The van der Waals surface area contributed by atoms with Crippen LogP contribution in [-0.4, -0.2) is 19.9 Å². The minimum atomic E-state index is 0.0289. The molecule has 0 fully saturated rings. The lowest BCUT2D eigenvalue weighted by Gasteiger charge is -2.12. The van der Waals surface area contributed by atoms with Gasteiger partial charge >= 0.3 is 0 Å². The summed E-state index contributed by atoms with van der Waals surface area (Å²) in [6.07, 6.45) is 7.17. The number of hydrogen-bond acceptors (Lipinski definition) is 2. The Kier molecular flexibility index (Phi) is 2.46. The molecule has 2 heterocycles. The quantitative estimate of drug-likeness (QED) is 0.717. The molecule has 0 saturated carbocycles. The molecule has 1 aromatic carbocycles. The van der Waals surface area contributed by atoms with E-state index in [9.17, 15) is 0 Å². The number of benzene rings is 1. The molecule has 0 unspecified atom stereocenters. The molecule has 0 spiro atoms. The van der Waals surface area contributed by atoms with Crippen LogP contribution in [0.3, 0.4) is 0 Å². The Balaban J connectivity index is 2.10. The Morgan fingerprint density at radius 3 is 1.88 bits per heavy atom. The molecule has 2 aromatic heterocycles. The number of imidazole rings is 2. The van der Waals surface area contributed by atoms with Gasteiger partial charge in [-0.25, -0.2) is 9.97 Å². The Bertz CT molecular complexity index is 521. The second kappa shape index (κ2) is 4.25. The minimum absolute atomic E-state index is 0.0289. The van der Waals surface area contributed by atoms with E-state index in [0.29, 0.717) is 0 Å². The lowest BCUT2D eigenvalue weighted by Crippen LogP contribution is -2.07. The summed E-state index contributed by atoms with van der Waals surface area (Å²) in [4.78, 5) is 15.0. The van der Waals surface area contributed by atoms with Crippen molar-refractivity contribution in [3.05, 3.63) is 72.3 Å². The van der Waals surface area contributed by atoms with E-state index in [1.165, 1.54) is 0 Å². The van der Waals surface area contributed by atoms with Crippen LogP contribution in [0, 0.1) is 0 Å². The van der Waals surface area contributed by atoms with E-state index in [1.807, 2.05) is 30.6 Å². The van der Waals surface area contributed by atoms with Gasteiger partial charge in [0.25, 0.3) is 0 Å². The smallest absolute Gasteiger partial charge is 0.121 e. The zero-order chi connectivity index (χ0) is 11.5. The second-order valence-corrected chi connectivity index (χ2v) is 3.79. The first-order valence-electron chi connectivity index (χ1n) is 5.48. The van der Waals surface area contributed by atoms with Gasteiger partial charge in [-0.2, -0.15) is 0 Å². The highest BCUT2D eigenvalue weighted by atomic mass is 15.0. The van der Waals surface area contributed by atoms with Gasteiger partial charge in [0.15, 0.2) is 0 Å². The lowest BCUT2D eigenvalue weighted by molar-refractivity contribution is 0.822. The summed E-state index contributed by atoms with van der Waals surface area (Å²) in [5.41, 5.74) is 1.16. The van der Waals surface area contributed by atoms with Crippen molar-refractivity contribution in [2.24, 2.45) is 0 Å². The van der Waals surface area contributed by atoms with Crippen LogP contribution in [0.5, 0.6) is 0 Å². The predicted octanol–water partition coefficient (Wildman–Crippen LogP) is 2.31. The number of aromatic nitrogens is 4. The topological polar surface area (TPSA) is 57.4 Å². The molecular formula is C13H12N4. The molecular weight excluding hydrogens is 212 g/mol. The highest BCUT2D eigenvalue weighted by molar-refractivity contribution is 5.32. The molecule has 0 bridgehead atoms. The Morgan fingerprint density at radius 2 is 1.41 bits per heavy atom. The molecule has 0 atom stereocenters. The highest BCUT2D eigenvalue weighted by Crippen LogP contribution is 2.26. The summed E-state index contributed by atoms with van der Waals surface area (Å²) in [5, 5.41) is 0. The summed E-state index contributed by atoms with van der Waals surface area (Å²) in [6, 6.07) is 10.2. The third kappa shape index (κ3) is 1.85. The Labute approximate surface area is 98.8 Å². The van der Waals surface area contributed by atoms with Gasteiger partial charge < -0.3 is 9.97 Å². The SMILES string of the molecule is c1ccc(C(c2ncc[nH]2)c2ncc[nH]2)cc1. The average Bonchev–Trinajstić information content (AvgIpc) is 3.04. The first kappa shape index (κ1) is 9.84. The number of H-pyrrole nitrogens is 2. The molecule has 0 amide bonds. The lowest BCUT2D eigenvalue weighted by atomic mass is 9.98. The zero-order valence-corrected chi connectivity index (χ0v) is 9.17. The van der Waals surface area contributed by atoms with Crippen molar-refractivity contribution in [3.63, 3.8) is 0 Å². The third-order valence-electron chi connectivity index (χ3n) is 2.72. The maximum absolute atomic E-state index is 4.33. The van der Waals surface area contributed by atoms with E-state index in [-0.39, 0.29) is 5.92 Å². The van der Waals surface area contributed by atoms with Gasteiger partial charge in [-0.1, -0.05) is 30.3 Å². The van der Waals surface area contributed by atoms with Crippen molar-refractivity contribution in [3.8, 4) is 0 Å². The number of hydrogen-bond donors (Lipinski definition) is 2. The van der Waals surface area contributed by atoms with Crippen molar-refractivity contribution in [1.29, 1.82) is 0 Å². The third-order valence-corrected chi connectivity index (χ3v) is 2.72. The molecule has 17 heavy (non-hydrogen) atoms. The van der Waals surface area contributed by atoms with E-state index < -0.39 is 0 Å². The van der Waals surface area contributed by atoms with E-state index in [0.717, 1.165) is 17.2 Å². The summed E-state index contributed by atoms with van der Waals surface area (Å²) in [6.45, 7) is 0. The van der Waals surface area contributed by atoms with Gasteiger partial charge in [0, 0.05) is 24.8 Å². The Morgan fingerprint density at radius 1 is 0.824 bits per heavy atom. The van der Waals surface area contributed by atoms with Crippen LogP contribution < -0.4 is 0 Å². The largest absolute Gasteiger partial charge is 0.348 e. The van der Waals surface area contributed by atoms with Crippen molar-refractivity contribution in [1.82, 2.24) is 19.9 Å². The highest BCUT2D eigenvalue weighted by Gasteiger charge is 2.20. The van der Waals surface area contributed by atoms with Gasteiger partial charge in [0.2, 0.25) is 0 Å². The maximum Gasteiger partial charge on any atom is 0.121 e. The molecule has 0 aliphatic carbocycles. The number of rotatable bonds is 3. The predicted molar refractivity (Wildman–Crippen MR) is 64.6 cm³/mol. The first-order chi connectivity index (χ1) is 8.45. The van der Waals surface area contributed by atoms with Crippen LogP contribution in [0.25, 0.3) is 0 Å². The number of nitrogens with zero attached hydrogens (tertiary/aromatic N) is 2. The van der Waals surface area contributed by atoms with Gasteiger partial charge in [0.05, 0.1) is 5.92 Å².